The normalized spacial score (nSPS) is 16.1. The van der Waals surface area contributed by atoms with Gasteiger partial charge in [-0.15, -0.1) is 11.6 Å². The quantitative estimate of drug-likeness (QED) is 0.629. The highest BCUT2D eigenvalue weighted by molar-refractivity contribution is 6.16. The molecule has 1 aliphatic carbocycles. The van der Waals surface area contributed by atoms with Gasteiger partial charge in [0.1, 0.15) is 5.82 Å². The lowest BCUT2D eigenvalue weighted by Gasteiger charge is -2.16. The first-order valence-corrected chi connectivity index (χ1v) is 7.34. The van der Waals surface area contributed by atoms with Crippen LogP contribution < -0.4 is 0 Å². The first kappa shape index (κ1) is 14.4. The molecule has 0 spiro atoms. The molecule has 1 aromatic heterocycles. The fourth-order valence-corrected chi connectivity index (χ4v) is 2.75. The van der Waals surface area contributed by atoms with Crippen molar-refractivity contribution in [3.05, 3.63) is 29.6 Å². The van der Waals surface area contributed by atoms with E-state index >= 15 is 0 Å². The third-order valence-electron chi connectivity index (χ3n) is 4.05. The molecule has 3 rings (SSSR count). The maximum Gasteiger partial charge on any atom is 0.337 e. The summed E-state index contributed by atoms with van der Waals surface area (Å²) in [5.41, 5.74) is 2.10. The number of alkyl halides is 1. The number of fused-ring (bicyclic) bond motifs is 1. The number of carbonyl (C=O) groups is 1. The van der Waals surface area contributed by atoms with Gasteiger partial charge in [0.15, 0.2) is 0 Å². The molecule has 0 N–H and O–H groups in total. The highest BCUT2D eigenvalue weighted by Crippen LogP contribution is 2.41. The lowest BCUT2D eigenvalue weighted by molar-refractivity contribution is 0.0601. The van der Waals surface area contributed by atoms with Crippen molar-refractivity contribution in [1.82, 2.24) is 9.55 Å². The Labute approximate surface area is 127 Å². The third kappa shape index (κ3) is 2.51. The highest BCUT2D eigenvalue weighted by Gasteiger charge is 2.44. The van der Waals surface area contributed by atoms with E-state index in [1.54, 1.807) is 19.2 Å². The molecular weight excluding hydrogens is 292 g/mol. The summed E-state index contributed by atoms with van der Waals surface area (Å²) in [7, 11) is 3.10. The Kier molecular flexibility index (Phi) is 3.63. The van der Waals surface area contributed by atoms with Crippen LogP contribution in [-0.2, 0) is 21.9 Å². The number of aromatic nitrogens is 2. The number of esters is 1. The van der Waals surface area contributed by atoms with Gasteiger partial charge >= 0.3 is 5.97 Å². The van der Waals surface area contributed by atoms with E-state index in [0.29, 0.717) is 18.0 Å². The van der Waals surface area contributed by atoms with Crippen LogP contribution in [0.4, 0.5) is 0 Å². The van der Waals surface area contributed by atoms with Gasteiger partial charge in [0, 0.05) is 7.11 Å². The zero-order chi connectivity index (χ0) is 15.0. The van der Waals surface area contributed by atoms with Gasteiger partial charge in [0.25, 0.3) is 0 Å². The van der Waals surface area contributed by atoms with Crippen LogP contribution in [0.15, 0.2) is 18.2 Å². The highest BCUT2D eigenvalue weighted by atomic mass is 35.5. The molecular formula is C15H17ClN2O3. The zero-order valence-corrected chi connectivity index (χ0v) is 12.8. The van der Waals surface area contributed by atoms with E-state index in [0.717, 1.165) is 29.7 Å². The van der Waals surface area contributed by atoms with Crippen molar-refractivity contribution in [2.75, 3.05) is 14.2 Å². The SMILES string of the molecule is COC(=O)c1ccc2nc(CCl)n(CC3(OC)CC3)c2c1. The number of benzene rings is 1. The summed E-state index contributed by atoms with van der Waals surface area (Å²) >= 11 is 6.01. The van der Waals surface area contributed by atoms with Gasteiger partial charge in [-0.3, -0.25) is 0 Å². The van der Waals surface area contributed by atoms with Gasteiger partial charge in [0.2, 0.25) is 0 Å². The Morgan fingerprint density at radius 2 is 2.19 bits per heavy atom. The summed E-state index contributed by atoms with van der Waals surface area (Å²) < 4.78 is 12.4. The van der Waals surface area contributed by atoms with Crippen molar-refractivity contribution in [1.29, 1.82) is 0 Å². The Morgan fingerprint density at radius 3 is 2.76 bits per heavy atom. The first-order chi connectivity index (χ1) is 10.1. The van der Waals surface area contributed by atoms with Crippen molar-refractivity contribution in [3.63, 3.8) is 0 Å². The number of hydrogen-bond donors (Lipinski definition) is 0. The summed E-state index contributed by atoms with van der Waals surface area (Å²) in [6, 6.07) is 5.34. The second-order valence-corrected chi connectivity index (χ2v) is 5.60. The number of halogens is 1. The molecule has 0 bridgehead atoms. The lowest BCUT2D eigenvalue weighted by atomic mass is 10.2. The average Bonchev–Trinajstić information content (AvgIpc) is 3.22. The van der Waals surface area contributed by atoms with Gasteiger partial charge < -0.3 is 14.0 Å². The summed E-state index contributed by atoms with van der Waals surface area (Å²) in [6.07, 6.45) is 2.06. The molecule has 112 valence electrons. The van der Waals surface area contributed by atoms with Gasteiger partial charge in [-0.2, -0.15) is 0 Å². The largest absolute Gasteiger partial charge is 0.465 e. The third-order valence-corrected chi connectivity index (χ3v) is 4.29. The number of carbonyl (C=O) groups excluding carboxylic acids is 1. The molecule has 1 aromatic carbocycles. The van der Waals surface area contributed by atoms with E-state index in [1.807, 2.05) is 10.6 Å². The summed E-state index contributed by atoms with van der Waals surface area (Å²) in [6.45, 7) is 0.701. The second kappa shape index (κ2) is 5.31. The molecule has 2 aromatic rings. The van der Waals surface area contributed by atoms with Crippen molar-refractivity contribution in [2.45, 2.75) is 30.9 Å². The van der Waals surface area contributed by atoms with E-state index in [1.165, 1.54) is 7.11 Å². The van der Waals surface area contributed by atoms with Gasteiger partial charge in [-0.25, -0.2) is 9.78 Å². The maximum atomic E-state index is 11.7. The topological polar surface area (TPSA) is 53.3 Å². The predicted molar refractivity (Wildman–Crippen MR) is 79.6 cm³/mol. The fourth-order valence-electron chi connectivity index (χ4n) is 2.55. The molecule has 0 atom stereocenters. The standard InChI is InChI=1S/C15H17ClN2O3/c1-20-14(19)10-3-4-11-12(7-10)18(13(8-16)17-11)9-15(21-2)5-6-15/h3-4,7H,5-6,8-9H2,1-2H3. The summed E-state index contributed by atoms with van der Waals surface area (Å²) in [5, 5.41) is 0. The molecule has 21 heavy (non-hydrogen) atoms. The lowest BCUT2D eigenvalue weighted by Crippen LogP contribution is -2.21. The fraction of sp³-hybridized carbons (Fsp3) is 0.467. The molecule has 1 aliphatic rings. The van der Waals surface area contributed by atoms with Crippen molar-refractivity contribution >= 4 is 28.6 Å². The zero-order valence-electron chi connectivity index (χ0n) is 12.1. The van der Waals surface area contributed by atoms with E-state index in [2.05, 4.69) is 4.98 Å². The summed E-state index contributed by atoms with van der Waals surface area (Å²) in [4.78, 5) is 16.2. The molecule has 1 heterocycles. The molecule has 0 amide bonds. The summed E-state index contributed by atoms with van der Waals surface area (Å²) in [5.74, 6) is 0.754. The number of nitrogens with zero attached hydrogens (tertiary/aromatic N) is 2. The van der Waals surface area contributed by atoms with E-state index < -0.39 is 0 Å². The number of imidazole rings is 1. The van der Waals surface area contributed by atoms with Crippen LogP contribution in [-0.4, -0.2) is 35.3 Å². The minimum atomic E-state index is -0.357. The molecule has 0 radical (unpaired) electrons. The Hall–Kier alpha value is -1.59. The number of hydrogen-bond acceptors (Lipinski definition) is 4. The van der Waals surface area contributed by atoms with Crippen LogP contribution in [0, 0.1) is 0 Å². The monoisotopic (exact) mass is 308 g/mol. The molecule has 0 aliphatic heterocycles. The van der Waals surface area contributed by atoms with E-state index in [4.69, 9.17) is 21.1 Å². The van der Waals surface area contributed by atoms with Crippen LogP contribution in [0.2, 0.25) is 0 Å². The predicted octanol–water partition coefficient (Wildman–Crippen LogP) is 2.74. The Bertz CT molecular complexity index is 692. The number of methoxy groups -OCH3 is 2. The van der Waals surface area contributed by atoms with Crippen molar-refractivity contribution in [3.8, 4) is 0 Å². The van der Waals surface area contributed by atoms with Crippen molar-refractivity contribution in [2.24, 2.45) is 0 Å². The second-order valence-electron chi connectivity index (χ2n) is 5.33. The molecule has 6 heteroatoms. The van der Waals surface area contributed by atoms with Crippen molar-refractivity contribution < 1.29 is 14.3 Å². The molecule has 1 fully saturated rings. The van der Waals surface area contributed by atoms with Crippen LogP contribution >= 0.6 is 11.6 Å². The van der Waals surface area contributed by atoms with E-state index in [-0.39, 0.29) is 11.6 Å². The molecule has 0 saturated heterocycles. The molecule has 0 unspecified atom stereocenters. The van der Waals surface area contributed by atoms with Crippen LogP contribution in [0.1, 0.15) is 29.0 Å². The first-order valence-electron chi connectivity index (χ1n) is 6.81. The van der Waals surface area contributed by atoms with Gasteiger partial charge in [-0.05, 0) is 31.0 Å². The Balaban J connectivity index is 2.08. The molecule has 1 saturated carbocycles. The van der Waals surface area contributed by atoms with Crippen LogP contribution in [0.5, 0.6) is 0 Å². The Morgan fingerprint density at radius 1 is 1.43 bits per heavy atom. The molecule has 5 nitrogen and oxygen atoms in total. The maximum absolute atomic E-state index is 11.7. The van der Waals surface area contributed by atoms with Crippen LogP contribution in [0.3, 0.4) is 0 Å². The smallest absolute Gasteiger partial charge is 0.337 e. The number of ether oxygens (including phenoxy) is 2. The van der Waals surface area contributed by atoms with E-state index in [9.17, 15) is 4.79 Å². The minimum Gasteiger partial charge on any atom is -0.465 e. The van der Waals surface area contributed by atoms with Crippen LogP contribution in [0.25, 0.3) is 11.0 Å². The average molecular weight is 309 g/mol. The van der Waals surface area contributed by atoms with Gasteiger partial charge in [-0.1, -0.05) is 0 Å². The minimum absolute atomic E-state index is 0.115. The number of rotatable bonds is 5. The van der Waals surface area contributed by atoms with Gasteiger partial charge in [0.05, 0.1) is 41.7 Å².